The lowest BCUT2D eigenvalue weighted by atomic mass is 10.1. The highest BCUT2D eigenvalue weighted by atomic mass is 19.1. The van der Waals surface area contributed by atoms with E-state index in [1.165, 1.54) is 40.9 Å². The Kier molecular flexibility index (Phi) is 6.01. The Bertz CT molecular complexity index is 1110. The molecule has 29 heavy (non-hydrogen) atoms. The van der Waals surface area contributed by atoms with E-state index in [0.29, 0.717) is 28.7 Å². The Morgan fingerprint density at radius 1 is 1.10 bits per heavy atom. The summed E-state index contributed by atoms with van der Waals surface area (Å²) >= 11 is 0. The minimum absolute atomic E-state index is 0.176. The molecule has 7 nitrogen and oxygen atoms in total. The van der Waals surface area contributed by atoms with E-state index >= 15 is 0 Å². The van der Waals surface area contributed by atoms with Gasteiger partial charge in [-0.25, -0.2) is 9.07 Å². The summed E-state index contributed by atoms with van der Waals surface area (Å²) in [6.07, 6.45) is -0.176. The van der Waals surface area contributed by atoms with Crippen LogP contribution in [0, 0.1) is 5.82 Å². The first-order chi connectivity index (χ1) is 13.9. The molecule has 0 radical (unpaired) electrons. The second-order valence-corrected chi connectivity index (χ2v) is 6.37. The zero-order valence-corrected chi connectivity index (χ0v) is 16.1. The van der Waals surface area contributed by atoms with Crippen LogP contribution in [0.4, 0.5) is 10.1 Å². The van der Waals surface area contributed by atoms with Gasteiger partial charge in [0.2, 0.25) is 0 Å². The predicted octanol–water partition coefficient (Wildman–Crippen LogP) is 2.21. The van der Waals surface area contributed by atoms with Crippen LogP contribution in [0.25, 0.3) is 10.8 Å². The van der Waals surface area contributed by atoms with Gasteiger partial charge in [0.1, 0.15) is 5.82 Å². The van der Waals surface area contributed by atoms with Gasteiger partial charge in [-0.1, -0.05) is 18.2 Å². The van der Waals surface area contributed by atoms with E-state index in [2.05, 4.69) is 5.10 Å². The number of aromatic nitrogens is 2. The highest BCUT2D eigenvalue weighted by Crippen LogP contribution is 2.16. The fraction of sp³-hybridized carbons (Fsp3) is 0.238. The van der Waals surface area contributed by atoms with Crippen molar-refractivity contribution in [3.05, 3.63) is 70.4 Å². The fourth-order valence-corrected chi connectivity index (χ4v) is 3.04. The van der Waals surface area contributed by atoms with Crippen LogP contribution in [0.1, 0.15) is 12.6 Å². The topological polar surface area (TPSA) is 81.5 Å². The molecule has 1 heterocycles. The number of hydrogen-bond donors (Lipinski definition) is 0. The SMILES string of the molecule is CCN(C(=O)COC(=O)Cc1nn(C)c(=O)c2ccccc12)c1ccc(F)cc1. The molecule has 1 amide bonds. The van der Waals surface area contributed by atoms with Crippen LogP contribution in [-0.2, 0) is 27.8 Å². The third-order valence-corrected chi connectivity index (χ3v) is 4.46. The number of fused-ring (bicyclic) bond motifs is 1. The fourth-order valence-electron chi connectivity index (χ4n) is 3.04. The number of amides is 1. The van der Waals surface area contributed by atoms with Crippen molar-refractivity contribution in [2.24, 2.45) is 7.05 Å². The van der Waals surface area contributed by atoms with E-state index in [4.69, 9.17) is 4.74 Å². The van der Waals surface area contributed by atoms with Crippen LogP contribution >= 0.6 is 0 Å². The second kappa shape index (κ2) is 8.64. The average molecular weight is 397 g/mol. The van der Waals surface area contributed by atoms with Crippen molar-refractivity contribution in [1.82, 2.24) is 9.78 Å². The van der Waals surface area contributed by atoms with Crippen molar-refractivity contribution in [2.45, 2.75) is 13.3 Å². The van der Waals surface area contributed by atoms with E-state index in [-0.39, 0.29) is 12.0 Å². The number of nitrogens with zero attached hydrogens (tertiary/aromatic N) is 3. The van der Waals surface area contributed by atoms with Crippen LogP contribution in [0.5, 0.6) is 0 Å². The van der Waals surface area contributed by atoms with Gasteiger partial charge in [-0.15, -0.1) is 0 Å². The van der Waals surface area contributed by atoms with Crippen molar-refractivity contribution in [1.29, 1.82) is 0 Å². The van der Waals surface area contributed by atoms with Crippen LogP contribution < -0.4 is 10.5 Å². The molecule has 0 atom stereocenters. The maximum absolute atomic E-state index is 13.1. The zero-order chi connectivity index (χ0) is 21.0. The molecular weight excluding hydrogens is 377 g/mol. The lowest BCUT2D eigenvalue weighted by molar-refractivity contribution is -0.147. The highest BCUT2D eigenvalue weighted by Gasteiger charge is 2.18. The number of esters is 1. The molecule has 0 bridgehead atoms. The molecular formula is C21H20FN3O4. The van der Waals surface area contributed by atoms with Crippen molar-refractivity contribution >= 4 is 28.3 Å². The minimum Gasteiger partial charge on any atom is -0.455 e. The molecule has 0 fully saturated rings. The standard InChI is InChI=1S/C21H20FN3O4/c1-3-25(15-10-8-14(22)9-11-15)19(26)13-29-20(27)12-18-16-6-4-5-7-17(16)21(28)24(2)23-18/h4-11H,3,12-13H2,1-2H3. The summed E-state index contributed by atoms with van der Waals surface area (Å²) in [6, 6.07) is 12.4. The third kappa shape index (κ3) is 4.48. The third-order valence-electron chi connectivity index (χ3n) is 4.46. The molecule has 8 heteroatoms. The predicted molar refractivity (Wildman–Crippen MR) is 106 cm³/mol. The highest BCUT2D eigenvalue weighted by molar-refractivity contribution is 5.95. The molecule has 3 rings (SSSR count). The van der Waals surface area contributed by atoms with E-state index in [0.717, 1.165) is 0 Å². The molecule has 0 unspecified atom stereocenters. The van der Waals surface area contributed by atoms with Crippen molar-refractivity contribution < 1.29 is 18.7 Å². The van der Waals surface area contributed by atoms with Crippen molar-refractivity contribution in [3.8, 4) is 0 Å². The quantitative estimate of drug-likeness (QED) is 0.596. The van der Waals surface area contributed by atoms with Crippen LogP contribution in [0.3, 0.4) is 0 Å². The molecule has 0 aliphatic carbocycles. The Labute approximate surface area is 166 Å². The number of ether oxygens (including phenoxy) is 1. The number of carbonyl (C=O) groups is 2. The zero-order valence-electron chi connectivity index (χ0n) is 16.1. The smallest absolute Gasteiger partial charge is 0.312 e. The van der Waals surface area contributed by atoms with Gasteiger partial charge < -0.3 is 9.64 Å². The molecule has 2 aromatic carbocycles. The first-order valence-electron chi connectivity index (χ1n) is 9.07. The molecule has 150 valence electrons. The van der Waals surface area contributed by atoms with Crippen LogP contribution in [0.15, 0.2) is 53.3 Å². The summed E-state index contributed by atoms with van der Waals surface area (Å²) in [5, 5.41) is 5.17. The van der Waals surface area contributed by atoms with E-state index in [9.17, 15) is 18.8 Å². The molecule has 3 aromatic rings. The van der Waals surface area contributed by atoms with Crippen molar-refractivity contribution in [2.75, 3.05) is 18.1 Å². The summed E-state index contributed by atoms with van der Waals surface area (Å²) in [5.74, 6) is -1.46. The first kappa shape index (κ1) is 20.2. The summed E-state index contributed by atoms with van der Waals surface area (Å²) < 4.78 is 19.4. The Morgan fingerprint density at radius 3 is 2.41 bits per heavy atom. The van der Waals surface area contributed by atoms with Gasteiger partial charge in [-0.05, 0) is 37.3 Å². The lowest BCUT2D eigenvalue weighted by Crippen LogP contribution is -2.34. The van der Waals surface area contributed by atoms with E-state index in [1.807, 2.05) is 0 Å². The maximum atomic E-state index is 13.1. The molecule has 0 aliphatic rings. The Balaban J connectivity index is 1.69. The molecule has 0 N–H and O–H groups in total. The van der Waals surface area contributed by atoms with Gasteiger partial charge in [0, 0.05) is 24.7 Å². The van der Waals surface area contributed by atoms with Gasteiger partial charge >= 0.3 is 5.97 Å². The molecule has 0 aliphatic heterocycles. The number of aryl methyl sites for hydroxylation is 1. The Hall–Kier alpha value is -3.55. The Morgan fingerprint density at radius 2 is 1.76 bits per heavy atom. The normalized spacial score (nSPS) is 10.7. The second-order valence-electron chi connectivity index (χ2n) is 6.37. The number of benzene rings is 2. The number of carbonyl (C=O) groups excluding carboxylic acids is 2. The van der Waals surface area contributed by atoms with Gasteiger partial charge in [-0.2, -0.15) is 5.10 Å². The van der Waals surface area contributed by atoms with Crippen molar-refractivity contribution in [3.63, 3.8) is 0 Å². The average Bonchev–Trinajstić information content (AvgIpc) is 2.72. The number of anilines is 1. The van der Waals surface area contributed by atoms with E-state index < -0.39 is 24.3 Å². The largest absolute Gasteiger partial charge is 0.455 e. The maximum Gasteiger partial charge on any atom is 0.312 e. The van der Waals surface area contributed by atoms with Crippen LogP contribution in [0.2, 0.25) is 0 Å². The summed E-state index contributed by atoms with van der Waals surface area (Å²) in [7, 11) is 1.51. The summed E-state index contributed by atoms with van der Waals surface area (Å²) in [6.45, 7) is 1.66. The summed E-state index contributed by atoms with van der Waals surface area (Å²) in [4.78, 5) is 38.3. The minimum atomic E-state index is -0.634. The number of hydrogen-bond acceptors (Lipinski definition) is 5. The molecule has 0 saturated heterocycles. The van der Waals surface area contributed by atoms with Crippen LogP contribution in [-0.4, -0.2) is 34.8 Å². The van der Waals surface area contributed by atoms with E-state index in [1.54, 1.807) is 31.2 Å². The summed E-state index contributed by atoms with van der Waals surface area (Å²) in [5.41, 5.74) is 0.650. The van der Waals surface area contributed by atoms with Gasteiger partial charge in [0.25, 0.3) is 11.5 Å². The molecule has 0 saturated carbocycles. The van der Waals surface area contributed by atoms with Gasteiger partial charge in [-0.3, -0.25) is 14.4 Å². The first-order valence-corrected chi connectivity index (χ1v) is 9.07. The lowest BCUT2D eigenvalue weighted by Gasteiger charge is -2.20. The number of rotatable bonds is 6. The number of likely N-dealkylation sites (N-methyl/N-ethyl adjacent to an activating group) is 1. The van der Waals surface area contributed by atoms with Gasteiger partial charge in [0.05, 0.1) is 17.5 Å². The number of halogens is 1. The molecule has 0 spiro atoms. The van der Waals surface area contributed by atoms with Gasteiger partial charge in [0.15, 0.2) is 6.61 Å². The monoisotopic (exact) mass is 397 g/mol. The molecule has 1 aromatic heterocycles.